The van der Waals surface area contributed by atoms with Gasteiger partial charge in [-0.05, 0) is 68.8 Å². The van der Waals surface area contributed by atoms with Crippen molar-refractivity contribution < 1.29 is 9.53 Å². The van der Waals surface area contributed by atoms with Crippen LogP contribution in [0.3, 0.4) is 0 Å². The zero-order valence-electron chi connectivity index (χ0n) is 18.5. The molecule has 1 aromatic carbocycles. The summed E-state index contributed by atoms with van der Waals surface area (Å²) in [4.78, 5) is 25.7. The van der Waals surface area contributed by atoms with Crippen molar-refractivity contribution in [3.8, 4) is 0 Å². The number of amides is 1. The van der Waals surface area contributed by atoms with E-state index in [2.05, 4.69) is 44.4 Å². The molecule has 0 atom stereocenters. The van der Waals surface area contributed by atoms with Crippen LogP contribution in [-0.2, 0) is 4.74 Å². The van der Waals surface area contributed by atoms with Crippen LogP contribution in [0.1, 0.15) is 54.1 Å². The molecule has 0 unspecified atom stereocenters. The number of primary amides is 1. The smallest absolute Gasteiger partial charge is 0.271 e. The molecule has 170 valence electrons. The molecule has 1 amide bonds. The molecule has 0 saturated carbocycles. The average molecular weight is 437 g/mol. The Balaban J connectivity index is 1.27. The third kappa shape index (κ3) is 4.56. The van der Waals surface area contributed by atoms with Gasteiger partial charge in [-0.1, -0.05) is 12.1 Å². The number of aromatic nitrogens is 2. The van der Waals surface area contributed by atoms with Crippen LogP contribution < -0.4 is 16.0 Å². The van der Waals surface area contributed by atoms with Gasteiger partial charge in [0.05, 0.1) is 25.5 Å². The Morgan fingerprint density at radius 2 is 1.75 bits per heavy atom. The van der Waals surface area contributed by atoms with Crippen LogP contribution in [0.25, 0.3) is 0 Å². The molecule has 3 saturated heterocycles. The fourth-order valence-electron chi connectivity index (χ4n) is 4.93. The molecular weight excluding hydrogens is 404 g/mol. The molecule has 3 aliphatic rings. The summed E-state index contributed by atoms with van der Waals surface area (Å²) in [5.74, 6) is 1.22. The third-order valence-corrected chi connectivity index (χ3v) is 6.98. The Morgan fingerprint density at radius 1 is 1.03 bits per heavy atom. The van der Waals surface area contributed by atoms with Crippen LogP contribution in [0.4, 0.5) is 17.3 Å². The number of nitrogens with zero attached hydrogens (tertiary/aromatic N) is 4. The summed E-state index contributed by atoms with van der Waals surface area (Å²) >= 11 is 0. The number of anilines is 3. The van der Waals surface area contributed by atoms with Crippen LogP contribution in [0.5, 0.6) is 0 Å². The molecule has 0 spiro atoms. The minimum Gasteiger partial charge on any atom is -0.378 e. The van der Waals surface area contributed by atoms with E-state index in [0.717, 1.165) is 63.7 Å². The van der Waals surface area contributed by atoms with Crippen molar-refractivity contribution in [1.82, 2.24) is 14.9 Å². The summed E-state index contributed by atoms with van der Waals surface area (Å²) in [5.41, 5.74) is 7.97. The summed E-state index contributed by atoms with van der Waals surface area (Å²) < 4.78 is 5.34. The van der Waals surface area contributed by atoms with Crippen LogP contribution in [0.15, 0.2) is 30.5 Å². The first kappa shape index (κ1) is 21.2. The van der Waals surface area contributed by atoms with Crippen molar-refractivity contribution in [3.05, 3.63) is 41.7 Å². The molecule has 8 heteroatoms. The normalized spacial score (nSPS) is 20.7. The van der Waals surface area contributed by atoms with E-state index < -0.39 is 5.91 Å². The van der Waals surface area contributed by atoms with Crippen molar-refractivity contribution in [2.45, 2.75) is 44.1 Å². The van der Waals surface area contributed by atoms with Gasteiger partial charge in [0.25, 0.3) is 5.91 Å². The first-order valence-corrected chi connectivity index (χ1v) is 11.8. The lowest BCUT2D eigenvalue weighted by molar-refractivity contribution is -0.0712. The highest BCUT2D eigenvalue weighted by Gasteiger charge is 2.30. The maximum atomic E-state index is 11.9. The minimum atomic E-state index is -0.578. The fourth-order valence-corrected chi connectivity index (χ4v) is 4.93. The molecule has 2 aromatic rings. The number of nitrogens with two attached hydrogens (primary N) is 1. The van der Waals surface area contributed by atoms with E-state index in [1.165, 1.54) is 24.8 Å². The first-order valence-electron chi connectivity index (χ1n) is 11.8. The van der Waals surface area contributed by atoms with E-state index in [4.69, 9.17) is 15.5 Å². The Hall–Kier alpha value is -2.71. The lowest BCUT2D eigenvalue weighted by atomic mass is 9.88. The average Bonchev–Trinajstić information content (AvgIpc) is 2.79. The molecule has 8 nitrogen and oxygen atoms in total. The Morgan fingerprint density at radius 3 is 2.38 bits per heavy atom. The molecule has 32 heavy (non-hydrogen) atoms. The topological polar surface area (TPSA) is 96.6 Å². The second kappa shape index (κ2) is 9.42. The number of benzene rings is 1. The van der Waals surface area contributed by atoms with Gasteiger partial charge < -0.3 is 20.7 Å². The number of rotatable bonds is 6. The van der Waals surface area contributed by atoms with Crippen LogP contribution in [0.2, 0.25) is 0 Å². The molecule has 0 radical (unpaired) electrons. The van der Waals surface area contributed by atoms with Crippen LogP contribution in [0, 0.1) is 0 Å². The predicted molar refractivity (Wildman–Crippen MR) is 124 cm³/mol. The number of hydrogen-bond acceptors (Lipinski definition) is 7. The monoisotopic (exact) mass is 436 g/mol. The van der Waals surface area contributed by atoms with E-state index in [1.54, 1.807) is 6.20 Å². The summed E-state index contributed by atoms with van der Waals surface area (Å²) in [6, 6.07) is 9.11. The maximum absolute atomic E-state index is 11.9. The van der Waals surface area contributed by atoms with E-state index in [-0.39, 0.29) is 5.69 Å². The second-order valence-electron chi connectivity index (χ2n) is 9.09. The Labute approximate surface area is 189 Å². The molecule has 3 fully saturated rings. The predicted octanol–water partition coefficient (Wildman–Crippen LogP) is 2.89. The van der Waals surface area contributed by atoms with E-state index in [9.17, 15) is 4.79 Å². The largest absolute Gasteiger partial charge is 0.378 e. The highest BCUT2D eigenvalue weighted by atomic mass is 16.5. The van der Waals surface area contributed by atoms with Gasteiger partial charge in [0.2, 0.25) is 0 Å². The maximum Gasteiger partial charge on any atom is 0.271 e. The number of carbonyl (C=O) groups is 1. The summed E-state index contributed by atoms with van der Waals surface area (Å²) in [5, 5.41) is 3.28. The molecule has 1 aromatic heterocycles. The zero-order valence-corrected chi connectivity index (χ0v) is 18.5. The SMILES string of the molecule is NC(=O)c1ncc(N2CCCCC2)nc1Nc1ccc(C2CCN(C3COC3)CC2)cc1. The van der Waals surface area contributed by atoms with E-state index in [1.807, 2.05) is 0 Å². The summed E-state index contributed by atoms with van der Waals surface area (Å²) in [6.07, 6.45) is 7.56. The highest BCUT2D eigenvalue weighted by Crippen LogP contribution is 2.31. The van der Waals surface area contributed by atoms with Crippen LogP contribution >= 0.6 is 0 Å². The molecule has 0 aliphatic carbocycles. The number of ether oxygens (including phenoxy) is 1. The van der Waals surface area contributed by atoms with Crippen molar-refractivity contribution in [1.29, 1.82) is 0 Å². The second-order valence-corrected chi connectivity index (χ2v) is 9.09. The Bertz CT molecular complexity index is 932. The van der Waals surface area contributed by atoms with Gasteiger partial charge >= 0.3 is 0 Å². The van der Waals surface area contributed by atoms with Gasteiger partial charge in [-0.25, -0.2) is 9.97 Å². The Kier molecular flexibility index (Phi) is 6.23. The molecular formula is C24H32N6O2. The number of nitrogens with one attached hydrogen (secondary N) is 1. The number of piperidine rings is 2. The van der Waals surface area contributed by atoms with E-state index in [0.29, 0.717) is 17.8 Å². The third-order valence-electron chi connectivity index (χ3n) is 6.98. The zero-order chi connectivity index (χ0) is 21.9. The van der Waals surface area contributed by atoms with Crippen molar-refractivity contribution in [3.63, 3.8) is 0 Å². The van der Waals surface area contributed by atoms with Crippen molar-refractivity contribution in [2.24, 2.45) is 5.73 Å². The highest BCUT2D eigenvalue weighted by molar-refractivity contribution is 5.96. The van der Waals surface area contributed by atoms with Gasteiger partial charge in [0.1, 0.15) is 5.82 Å². The van der Waals surface area contributed by atoms with Gasteiger partial charge in [-0.2, -0.15) is 0 Å². The van der Waals surface area contributed by atoms with E-state index >= 15 is 0 Å². The van der Waals surface area contributed by atoms with Gasteiger partial charge in [0.15, 0.2) is 11.5 Å². The fraction of sp³-hybridized carbons (Fsp3) is 0.542. The summed E-state index contributed by atoms with van der Waals surface area (Å²) in [7, 11) is 0. The lowest BCUT2D eigenvalue weighted by Gasteiger charge is -2.41. The standard InChI is InChI=1S/C24H32N6O2/c25-23(31)22-24(28-21(14-26-22)30-10-2-1-3-11-30)27-19-6-4-17(5-7-19)18-8-12-29(13-9-18)20-15-32-16-20/h4-7,14,18,20H,1-3,8-13,15-16H2,(H2,25,31)(H,27,28). The number of likely N-dealkylation sites (tertiary alicyclic amines) is 1. The molecule has 5 rings (SSSR count). The lowest BCUT2D eigenvalue weighted by Crippen LogP contribution is -2.51. The van der Waals surface area contributed by atoms with Gasteiger partial charge in [-0.15, -0.1) is 0 Å². The summed E-state index contributed by atoms with van der Waals surface area (Å²) in [6.45, 7) is 5.98. The van der Waals surface area contributed by atoms with Crippen molar-refractivity contribution >= 4 is 23.2 Å². The van der Waals surface area contributed by atoms with Gasteiger partial charge in [-0.3, -0.25) is 9.69 Å². The first-order chi connectivity index (χ1) is 15.7. The molecule has 3 aliphatic heterocycles. The number of carbonyl (C=O) groups excluding carboxylic acids is 1. The number of hydrogen-bond donors (Lipinski definition) is 2. The van der Waals surface area contributed by atoms with Crippen molar-refractivity contribution in [2.75, 3.05) is 49.6 Å². The van der Waals surface area contributed by atoms with Gasteiger partial charge in [0, 0.05) is 18.8 Å². The molecule has 4 heterocycles. The van der Waals surface area contributed by atoms with Crippen LogP contribution in [-0.4, -0.2) is 66.2 Å². The quantitative estimate of drug-likeness (QED) is 0.719. The molecule has 0 bridgehead atoms. The molecule has 3 N–H and O–H groups in total. The minimum absolute atomic E-state index is 0.169.